The summed E-state index contributed by atoms with van der Waals surface area (Å²) >= 11 is 3.45. The number of hydrogen-bond acceptors (Lipinski definition) is 2. The summed E-state index contributed by atoms with van der Waals surface area (Å²) in [5.74, 6) is 0.853. The fourth-order valence-electron chi connectivity index (χ4n) is 2.51. The number of hydrogen-bond donors (Lipinski definition) is 1. The number of likely N-dealkylation sites (tertiary alicyclic amines) is 1. The van der Waals surface area contributed by atoms with Crippen LogP contribution in [0.15, 0.2) is 22.7 Å². The molecule has 1 amide bonds. The summed E-state index contributed by atoms with van der Waals surface area (Å²) in [5.41, 5.74) is 1.86. The topological polar surface area (TPSA) is 32.3 Å². The Morgan fingerprint density at radius 1 is 1.40 bits per heavy atom. The Kier molecular flexibility index (Phi) is 5.61. The zero-order chi connectivity index (χ0) is 14.5. The molecule has 20 heavy (non-hydrogen) atoms. The summed E-state index contributed by atoms with van der Waals surface area (Å²) in [4.78, 5) is 14.5. The summed E-state index contributed by atoms with van der Waals surface area (Å²) in [6.45, 7) is 8.31. The van der Waals surface area contributed by atoms with Gasteiger partial charge in [-0.2, -0.15) is 0 Å². The molecule has 1 aromatic rings. The van der Waals surface area contributed by atoms with E-state index in [-0.39, 0.29) is 5.91 Å². The summed E-state index contributed by atoms with van der Waals surface area (Å²) < 4.78 is 0.863. The minimum absolute atomic E-state index is 0.00209. The maximum atomic E-state index is 12.1. The van der Waals surface area contributed by atoms with Crippen LogP contribution in [0.2, 0.25) is 0 Å². The fraction of sp³-hybridized carbons (Fsp3) is 0.562. The van der Waals surface area contributed by atoms with Crippen LogP contribution in [0.4, 0.5) is 0 Å². The molecule has 0 aromatic heterocycles. The van der Waals surface area contributed by atoms with Gasteiger partial charge in [0.05, 0.1) is 5.56 Å². The first-order chi connectivity index (χ1) is 9.56. The molecule has 0 spiro atoms. The first kappa shape index (κ1) is 15.5. The Morgan fingerprint density at radius 3 is 2.75 bits per heavy atom. The lowest BCUT2D eigenvalue weighted by Gasteiger charge is -2.30. The lowest BCUT2D eigenvalue weighted by molar-refractivity contribution is 0.0943. The first-order valence-electron chi connectivity index (χ1n) is 7.33. The molecule has 1 fully saturated rings. The quantitative estimate of drug-likeness (QED) is 0.914. The molecule has 1 aliphatic rings. The van der Waals surface area contributed by atoms with Gasteiger partial charge in [-0.05, 0) is 72.4 Å². The van der Waals surface area contributed by atoms with Crippen LogP contribution in [-0.4, -0.2) is 37.0 Å². The van der Waals surface area contributed by atoms with Gasteiger partial charge >= 0.3 is 0 Å². The number of piperidine rings is 1. The van der Waals surface area contributed by atoms with Crippen LogP contribution < -0.4 is 5.32 Å². The number of carbonyl (C=O) groups is 1. The first-order valence-corrected chi connectivity index (χ1v) is 8.12. The standard InChI is InChI=1S/C16H23BrN2O/c1-12-5-8-19(9-6-12)10-7-18-16(20)14-4-3-13(2)11-15(14)17/h3-4,11-12H,5-10H2,1-2H3,(H,18,20). The maximum absolute atomic E-state index is 12.1. The second-order valence-corrected chi connectivity index (χ2v) is 6.62. The third kappa shape index (κ3) is 4.32. The number of amides is 1. The second kappa shape index (κ2) is 7.23. The number of rotatable bonds is 4. The van der Waals surface area contributed by atoms with Crippen molar-refractivity contribution in [3.63, 3.8) is 0 Å². The molecule has 1 aromatic carbocycles. The van der Waals surface area contributed by atoms with Gasteiger partial charge in [-0.1, -0.05) is 13.0 Å². The smallest absolute Gasteiger partial charge is 0.252 e. The molecule has 4 heteroatoms. The molecule has 110 valence electrons. The molecule has 1 saturated heterocycles. The van der Waals surface area contributed by atoms with E-state index < -0.39 is 0 Å². The Balaban J connectivity index is 1.77. The van der Waals surface area contributed by atoms with E-state index in [0.717, 1.165) is 35.6 Å². The lowest BCUT2D eigenvalue weighted by Crippen LogP contribution is -2.39. The molecule has 0 bridgehead atoms. The lowest BCUT2D eigenvalue weighted by atomic mass is 9.99. The third-order valence-electron chi connectivity index (χ3n) is 3.96. The molecule has 0 saturated carbocycles. The largest absolute Gasteiger partial charge is 0.351 e. The van der Waals surface area contributed by atoms with Crippen molar-refractivity contribution in [3.8, 4) is 0 Å². The summed E-state index contributed by atoms with van der Waals surface area (Å²) in [6.07, 6.45) is 2.55. The van der Waals surface area contributed by atoms with Crippen molar-refractivity contribution in [2.24, 2.45) is 5.92 Å². The van der Waals surface area contributed by atoms with E-state index in [1.807, 2.05) is 25.1 Å². The van der Waals surface area contributed by atoms with Gasteiger partial charge in [-0.25, -0.2) is 0 Å². The molecule has 1 heterocycles. The van der Waals surface area contributed by atoms with Crippen molar-refractivity contribution in [2.45, 2.75) is 26.7 Å². The second-order valence-electron chi connectivity index (χ2n) is 5.76. The van der Waals surface area contributed by atoms with Gasteiger partial charge in [0.25, 0.3) is 5.91 Å². The fourth-order valence-corrected chi connectivity index (χ4v) is 3.19. The highest BCUT2D eigenvalue weighted by Gasteiger charge is 2.15. The highest BCUT2D eigenvalue weighted by atomic mass is 79.9. The van der Waals surface area contributed by atoms with Gasteiger partial charge in [-0.3, -0.25) is 4.79 Å². The van der Waals surface area contributed by atoms with E-state index in [1.54, 1.807) is 0 Å². The molecule has 3 nitrogen and oxygen atoms in total. The summed E-state index contributed by atoms with van der Waals surface area (Å²) in [7, 11) is 0. The molecule has 0 atom stereocenters. The van der Waals surface area contributed by atoms with Crippen molar-refractivity contribution >= 4 is 21.8 Å². The third-order valence-corrected chi connectivity index (χ3v) is 4.62. The maximum Gasteiger partial charge on any atom is 0.252 e. The van der Waals surface area contributed by atoms with Gasteiger partial charge in [0.15, 0.2) is 0 Å². The number of nitrogens with zero attached hydrogens (tertiary/aromatic N) is 1. The van der Waals surface area contributed by atoms with Crippen LogP contribution in [-0.2, 0) is 0 Å². The number of carbonyl (C=O) groups excluding carboxylic acids is 1. The van der Waals surface area contributed by atoms with Crippen LogP contribution in [0.3, 0.4) is 0 Å². The van der Waals surface area contributed by atoms with Crippen molar-refractivity contribution < 1.29 is 4.79 Å². The summed E-state index contributed by atoms with van der Waals surface area (Å²) in [6, 6.07) is 5.81. The Hall–Kier alpha value is -0.870. The normalized spacial score (nSPS) is 17.1. The zero-order valence-electron chi connectivity index (χ0n) is 12.3. The van der Waals surface area contributed by atoms with E-state index >= 15 is 0 Å². The number of nitrogens with one attached hydrogen (secondary N) is 1. The average Bonchev–Trinajstić information content (AvgIpc) is 2.41. The van der Waals surface area contributed by atoms with E-state index in [2.05, 4.69) is 33.1 Å². The summed E-state index contributed by atoms with van der Waals surface area (Å²) in [5, 5.41) is 3.01. The van der Waals surface area contributed by atoms with Crippen LogP contribution in [0.25, 0.3) is 0 Å². The van der Waals surface area contributed by atoms with E-state index in [1.165, 1.54) is 12.8 Å². The van der Waals surface area contributed by atoms with Gasteiger partial charge in [0.1, 0.15) is 0 Å². The van der Waals surface area contributed by atoms with Gasteiger partial charge in [0, 0.05) is 17.6 Å². The van der Waals surface area contributed by atoms with Crippen molar-refractivity contribution in [2.75, 3.05) is 26.2 Å². The van der Waals surface area contributed by atoms with Gasteiger partial charge in [0.2, 0.25) is 0 Å². The molecule has 0 unspecified atom stereocenters. The van der Waals surface area contributed by atoms with Crippen LogP contribution in [0, 0.1) is 12.8 Å². The van der Waals surface area contributed by atoms with Gasteiger partial charge in [-0.15, -0.1) is 0 Å². The minimum atomic E-state index is 0.00209. The van der Waals surface area contributed by atoms with Crippen LogP contribution in [0.1, 0.15) is 35.7 Å². The zero-order valence-corrected chi connectivity index (χ0v) is 13.9. The highest BCUT2D eigenvalue weighted by molar-refractivity contribution is 9.10. The molecular formula is C16H23BrN2O. The molecule has 0 aliphatic carbocycles. The Bertz CT molecular complexity index is 468. The van der Waals surface area contributed by atoms with Crippen LogP contribution in [0.5, 0.6) is 0 Å². The predicted octanol–water partition coefficient (Wildman–Crippen LogP) is 3.22. The highest BCUT2D eigenvalue weighted by Crippen LogP contribution is 2.18. The SMILES string of the molecule is Cc1ccc(C(=O)NCCN2CCC(C)CC2)c(Br)c1. The minimum Gasteiger partial charge on any atom is -0.351 e. The van der Waals surface area contributed by atoms with Crippen molar-refractivity contribution in [3.05, 3.63) is 33.8 Å². The van der Waals surface area contributed by atoms with E-state index in [4.69, 9.17) is 0 Å². The Labute approximate surface area is 129 Å². The molecular weight excluding hydrogens is 316 g/mol. The van der Waals surface area contributed by atoms with Crippen LogP contribution >= 0.6 is 15.9 Å². The van der Waals surface area contributed by atoms with E-state index in [9.17, 15) is 4.79 Å². The van der Waals surface area contributed by atoms with E-state index in [0.29, 0.717) is 12.1 Å². The van der Waals surface area contributed by atoms with Crippen molar-refractivity contribution in [1.82, 2.24) is 10.2 Å². The number of benzene rings is 1. The van der Waals surface area contributed by atoms with Gasteiger partial charge < -0.3 is 10.2 Å². The number of aryl methyl sites for hydroxylation is 1. The predicted molar refractivity (Wildman–Crippen MR) is 86.1 cm³/mol. The average molecular weight is 339 g/mol. The molecule has 2 rings (SSSR count). The molecule has 0 radical (unpaired) electrons. The Morgan fingerprint density at radius 2 is 2.10 bits per heavy atom. The van der Waals surface area contributed by atoms with Crippen molar-refractivity contribution in [1.29, 1.82) is 0 Å². The monoisotopic (exact) mass is 338 g/mol. The number of halogens is 1. The molecule has 1 aliphatic heterocycles. The molecule has 1 N–H and O–H groups in total.